The lowest BCUT2D eigenvalue weighted by Crippen LogP contribution is -2.46. The number of rotatable bonds is 7. The average molecular weight is 364 g/mol. The lowest BCUT2D eigenvalue weighted by Gasteiger charge is -2.28. The predicted molar refractivity (Wildman–Crippen MR) is 97.3 cm³/mol. The fourth-order valence-electron chi connectivity index (χ4n) is 2.77. The molecule has 2 atom stereocenters. The minimum Gasteiger partial charge on any atom is -0.383 e. The Morgan fingerprint density at radius 1 is 1.26 bits per heavy atom. The lowest BCUT2D eigenvalue weighted by atomic mass is 10.1. The van der Waals surface area contributed by atoms with Crippen molar-refractivity contribution in [2.75, 3.05) is 33.4 Å². The van der Waals surface area contributed by atoms with Crippen LogP contribution in [0.1, 0.15) is 24.4 Å². The van der Waals surface area contributed by atoms with Crippen LogP contribution in [0.15, 0.2) is 30.3 Å². The molecule has 2 unspecified atom stereocenters. The fourth-order valence-corrected chi connectivity index (χ4v) is 2.77. The molecule has 1 saturated heterocycles. The monoisotopic (exact) mass is 363 g/mol. The molecule has 23 heavy (non-hydrogen) atoms. The lowest BCUT2D eigenvalue weighted by molar-refractivity contribution is -0.123. The second-order valence-electron chi connectivity index (χ2n) is 5.48. The van der Waals surface area contributed by atoms with Crippen LogP contribution in [0.5, 0.6) is 0 Å². The summed E-state index contributed by atoms with van der Waals surface area (Å²) < 4.78 is 4.92. The Balaban J connectivity index is 0.00000242. The van der Waals surface area contributed by atoms with Crippen LogP contribution in [-0.4, -0.2) is 50.2 Å². The smallest absolute Gasteiger partial charge is 0.239 e. The molecule has 0 aliphatic carbocycles. The number of nitrogens with one attached hydrogen (secondary N) is 1. The summed E-state index contributed by atoms with van der Waals surface area (Å²) >= 11 is 0. The third-order valence-corrected chi connectivity index (χ3v) is 3.92. The van der Waals surface area contributed by atoms with Gasteiger partial charge in [-0.2, -0.15) is 0 Å². The van der Waals surface area contributed by atoms with E-state index < -0.39 is 6.04 Å². The summed E-state index contributed by atoms with van der Waals surface area (Å²) in [5.74, 6) is -0.156. The highest BCUT2D eigenvalue weighted by atomic mass is 35.5. The van der Waals surface area contributed by atoms with E-state index >= 15 is 0 Å². The Hall–Kier alpha value is -0.850. The highest BCUT2D eigenvalue weighted by Crippen LogP contribution is 2.24. The summed E-state index contributed by atoms with van der Waals surface area (Å²) in [5, 5.41) is 2.96. The van der Waals surface area contributed by atoms with E-state index in [-0.39, 0.29) is 43.4 Å². The van der Waals surface area contributed by atoms with Gasteiger partial charge in [0.15, 0.2) is 0 Å². The first-order valence-electron chi connectivity index (χ1n) is 7.53. The van der Waals surface area contributed by atoms with Crippen molar-refractivity contribution in [2.45, 2.75) is 24.9 Å². The van der Waals surface area contributed by atoms with Crippen LogP contribution < -0.4 is 11.1 Å². The van der Waals surface area contributed by atoms with Gasteiger partial charge in [0.25, 0.3) is 0 Å². The van der Waals surface area contributed by atoms with E-state index in [2.05, 4.69) is 22.3 Å². The zero-order chi connectivity index (χ0) is 15.1. The molecule has 1 aromatic rings. The third-order valence-electron chi connectivity index (χ3n) is 3.92. The third kappa shape index (κ3) is 6.65. The summed E-state index contributed by atoms with van der Waals surface area (Å²) in [4.78, 5) is 14.4. The molecule has 2 rings (SSSR count). The number of amides is 1. The topological polar surface area (TPSA) is 67.6 Å². The first kappa shape index (κ1) is 22.1. The zero-order valence-corrected chi connectivity index (χ0v) is 15.1. The van der Waals surface area contributed by atoms with Gasteiger partial charge in [-0.3, -0.25) is 9.69 Å². The number of carbonyl (C=O) groups excluding carboxylic acids is 1. The fraction of sp³-hybridized carbons (Fsp3) is 0.562. The van der Waals surface area contributed by atoms with Gasteiger partial charge in [-0.05, 0) is 31.5 Å². The number of likely N-dealkylation sites (tertiary alicyclic amines) is 1. The largest absolute Gasteiger partial charge is 0.383 e. The van der Waals surface area contributed by atoms with Crippen molar-refractivity contribution in [3.05, 3.63) is 35.9 Å². The standard InChI is InChI=1S/C16H25N3O2.2ClH/c1-21-12-14(17)16(20)18-11-15(19-9-5-6-10-19)13-7-3-2-4-8-13;;/h2-4,7-8,14-15H,5-6,9-12,17H2,1H3,(H,18,20);2*1H. The van der Waals surface area contributed by atoms with Crippen molar-refractivity contribution in [3.8, 4) is 0 Å². The molecule has 0 saturated carbocycles. The molecule has 0 bridgehead atoms. The van der Waals surface area contributed by atoms with E-state index in [9.17, 15) is 4.79 Å². The van der Waals surface area contributed by atoms with Crippen molar-refractivity contribution in [2.24, 2.45) is 5.73 Å². The predicted octanol–water partition coefficient (Wildman–Crippen LogP) is 1.76. The summed E-state index contributed by atoms with van der Waals surface area (Å²) in [6, 6.07) is 9.93. The summed E-state index contributed by atoms with van der Waals surface area (Å²) in [6.45, 7) is 2.99. The van der Waals surface area contributed by atoms with E-state index in [1.807, 2.05) is 18.2 Å². The molecule has 1 amide bonds. The minimum absolute atomic E-state index is 0. The number of halogens is 2. The van der Waals surface area contributed by atoms with E-state index in [0.29, 0.717) is 6.54 Å². The van der Waals surface area contributed by atoms with Crippen molar-refractivity contribution < 1.29 is 9.53 Å². The SMILES string of the molecule is COCC(N)C(=O)NCC(c1ccccc1)N1CCCC1.Cl.Cl. The molecule has 1 heterocycles. The maximum atomic E-state index is 11.9. The first-order valence-corrected chi connectivity index (χ1v) is 7.53. The molecule has 0 radical (unpaired) electrons. The van der Waals surface area contributed by atoms with Crippen molar-refractivity contribution in [3.63, 3.8) is 0 Å². The highest BCUT2D eigenvalue weighted by molar-refractivity contribution is 5.85. The molecule has 1 fully saturated rings. The molecular weight excluding hydrogens is 337 g/mol. The average Bonchev–Trinajstić information content (AvgIpc) is 3.03. The van der Waals surface area contributed by atoms with E-state index in [4.69, 9.17) is 10.5 Å². The molecule has 1 aliphatic rings. The molecule has 5 nitrogen and oxygen atoms in total. The molecule has 7 heteroatoms. The summed E-state index contributed by atoms with van der Waals surface area (Å²) in [5.41, 5.74) is 6.99. The Labute approximate surface area is 150 Å². The van der Waals surface area contributed by atoms with Crippen LogP contribution in [0.4, 0.5) is 0 Å². The van der Waals surface area contributed by atoms with Gasteiger partial charge in [0.05, 0.1) is 12.6 Å². The number of benzene rings is 1. The van der Waals surface area contributed by atoms with Crippen LogP contribution in [0, 0.1) is 0 Å². The van der Waals surface area contributed by atoms with Gasteiger partial charge in [-0.25, -0.2) is 0 Å². The maximum Gasteiger partial charge on any atom is 0.239 e. The van der Waals surface area contributed by atoms with Gasteiger partial charge in [0.1, 0.15) is 6.04 Å². The molecule has 1 aliphatic heterocycles. The van der Waals surface area contributed by atoms with Crippen LogP contribution in [-0.2, 0) is 9.53 Å². The Morgan fingerprint density at radius 2 is 1.87 bits per heavy atom. The van der Waals surface area contributed by atoms with Crippen LogP contribution in [0.3, 0.4) is 0 Å². The quantitative estimate of drug-likeness (QED) is 0.774. The Bertz CT molecular complexity index is 442. The van der Waals surface area contributed by atoms with Crippen LogP contribution in [0.2, 0.25) is 0 Å². The second-order valence-corrected chi connectivity index (χ2v) is 5.48. The summed E-state index contributed by atoms with van der Waals surface area (Å²) in [6.07, 6.45) is 2.45. The van der Waals surface area contributed by atoms with Crippen molar-refractivity contribution >= 4 is 30.7 Å². The normalized spacial score (nSPS) is 16.8. The van der Waals surface area contributed by atoms with E-state index in [0.717, 1.165) is 13.1 Å². The van der Waals surface area contributed by atoms with Gasteiger partial charge in [0.2, 0.25) is 5.91 Å². The van der Waals surface area contributed by atoms with Gasteiger partial charge in [0, 0.05) is 13.7 Å². The first-order chi connectivity index (χ1) is 10.2. The highest BCUT2D eigenvalue weighted by Gasteiger charge is 2.24. The number of hydrogen-bond donors (Lipinski definition) is 2. The number of nitrogens with zero attached hydrogens (tertiary/aromatic N) is 1. The molecule has 3 N–H and O–H groups in total. The minimum atomic E-state index is -0.606. The maximum absolute atomic E-state index is 11.9. The number of methoxy groups -OCH3 is 1. The molecule has 0 spiro atoms. The van der Waals surface area contributed by atoms with Crippen LogP contribution >= 0.6 is 24.8 Å². The Kier molecular flexibility index (Phi) is 11.2. The van der Waals surface area contributed by atoms with Gasteiger partial charge in [-0.15, -0.1) is 24.8 Å². The zero-order valence-electron chi connectivity index (χ0n) is 13.4. The number of hydrogen-bond acceptors (Lipinski definition) is 4. The summed E-state index contributed by atoms with van der Waals surface area (Å²) in [7, 11) is 1.55. The van der Waals surface area contributed by atoms with E-state index in [1.54, 1.807) is 7.11 Å². The van der Waals surface area contributed by atoms with Crippen molar-refractivity contribution in [1.82, 2.24) is 10.2 Å². The molecular formula is C16H27Cl2N3O2. The van der Waals surface area contributed by atoms with Crippen molar-refractivity contribution in [1.29, 1.82) is 0 Å². The number of ether oxygens (including phenoxy) is 1. The second kappa shape index (κ2) is 11.6. The van der Waals surface area contributed by atoms with Gasteiger partial charge >= 0.3 is 0 Å². The number of carbonyl (C=O) groups is 1. The number of nitrogens with two attached hydrogens (primary N) is 1. The van der Waals surface area contributed by atoms with Gasteiger partial charge in [-0.1, -0.05) is 30.3 Å². The molecule has 1 aromatic carbocycles. The molecule has 0 aromatic heterocycles. The van der Waals surface area contributed by atoms with Gasteiger partial charge < -0.3 is 15.8 Å². The Morgan fingerprint density at radius 3 is 2.43 bits per heavy atom. The van der Waals surface area contributed by atoms with Crippen LogP contribution in [0.25, 0.3) is 0 Å². The van der Waals surface area contributed by atoms with E-state index in [1.165, 1.54) is 18.4 Å². The molecule has 132 valence electrons.